The van der Waals surface area contributed by atoms with E-state index in [1.54, 1.807) is 13.3 Å². The van der Waals surface area contributed by atoms with Crippen molar-refractivity contribution in [2.24, 2.45) is 0 Å². The fraction of sp³-hybridized carbons (Fsp3) is 0.583. The molecule has 14 heavy (non-hydrogen) atoms. The quantitative estimate of drug-likeness (QED) is 0.647. The van der Waals surface area contributed by atoms with E-state index >= 15 is 0 Å². The molecule has 2 nitrogen and oxygen atoms in total. The van der Waals surface area contributed by atoms with Crippen molar-refractivity contribution in [3.63, 3.8) is 0 Å². The second-order valence-electron chi connectivity index (χ2n) is 3.48. The number of hydrogen-bond acceptors (Lipinski definition) is 2. The van der Waals surface area contributed by atoms with Crippen molar-refractivity contribution in [3.8, 4) is 5.88 Å². The molecule has 0 amide bonds. The van der Waals surface area contributed by atoms with Gasteiger partial charge in [-0.25, -0.2) is 4.98 Å². The smallest absolute Gasteiger partial charge is 0.216 e. The monoisotopic (exact) mass is 193 g/mol. The Morgan fingerprint density at radius 3 is 2.86 bits per heavy atom. The summed E-state index contributed by atoms with van der Waals surface area (Å²) in [4.78, 5) is 4.17. The lowest BCUT2D eigenvalue weighted by Crippen LogP contribution is -1.94. The second-order valence-corrected chi connectivity index (χ2v) is 3.48. The van der Waals surface area contributed by atoms with E-state index in [9.17, 15) is 0 Å². The summed E-state index contributed by atoms with van der Waals surface area (Å²) in [5.74, 6) is 0.781. The van der Waals surface area contributed by atoms with E-state index in [0.717, 1.165) is 12.3 Å². The van der Waals surface area contributed by atoms with Gasteiger partial charge in [-0.15, -0.1) is 0 Å². The van der Waals surface area contributed by atoms with Crippen LogP contribution in [0.15, 0.2) is 18.3 Å². The molecule has 0 bridgehead atoms. The fourth-order valence-corrected chi connectivity index (χ4v) is 1.54. The highest BCUT2D eigenvalue weighted by atomic mass is 16.5. The predicted octanol–water partition coefficient (Wildman–Crippen LogP) is 3.21. The Hall–Kier alpha value is -1.05. The van der Waals surface area contributed by atoms with Crippen LogP contribution in [0.25, 0.3) is 0 Å². The molecule has 0 unspecified atom stereocenters. The van der Waals surface area contributed by atoms with Crippen molar-refractivity contribution >= 4 is 0 Å². The number of rotatable bonds is 6. The molecule has 0 atom stereocenters. The average Bonchev–Trinajstić information content (AvgIpc) is 2.25. The molecule has 0 aliphatic heterocycles. The van der Waals surface area contributed by atoms with E-state index in [0.29, 0.717) is 0 Å². The molecule has 0 saturated heterocycles. The largest absolute Gasteiger partial charge is 0.481 e. The Labute approximate surface area is 86.3 Å². The molecule has 0 aliphatic rings. The van der Waals surface area contributed by atoms with E-state index in [2.05, 4.69) is 18.0 Å². The number of hydrogen-bond donors (Lipinski definition) is 0. The van der Waals surface area contributed by atoms with Gasteiger partial charge in [0.1, 0.15) is 0 Å². The zero-order valence-electron chi connectivity index (χ0n) is 9.12. The van der Waals surface area contributed by atoms with Gasteiger partial charge in [0.05, 0.1) is 7.11 Å². The summed E-state index contributed by atoms with van der Waals surface area (Å²) in [5.41, 5.74) is 1.23. The van der Waals surface area contributed by atoms with Crippen LogP contribution < -0.4 is 4.74 Å². The molecule has 1 rings (SSSR count). The number of aromatic nitrogens is 1. The van der Waals surface area contributed by atoms with Crippen LogP contribution in [0.3, 0.4) is 0 Å². The van der Waals surface area contributed by atoms with Gasteiger partial charge in [0.15, 0.2) is 0 Å². The highest BCUT2D eigenvalue weighted by molar-refractivity contribution is 5.25. The van der Waals surface area contributed by atoms with Crippen molar-refractivity contribution in [3.05, 3.63) is 23.9 Å². The van der Waals surface area contributed by atoms with E-state index in [1.807, 2.05) is 6.07 Å². The standard InChI is InChI=1S/C12H19NO/c1-3-4-5-6-8-11-9-7-10-13-12(11)14-2/h7,9-10H,3-6,8H2,1-2H3. The third kappa shape index (κ3) is 3.36. The molecular formula is C12H19NO. The second kappa shape index (κ2) is 6.41. The molecule has 1 aromatic rings. The summed E-state index contributed by atoms with van der Waals surface area (Å²) in [6, 6.07) is 4.06. The van der Waals surface area contributed by atoms with Crippen LogP contribution in [0.4, 0.5) is 0 Å². The maximum absolute atomic E-state index is 5.19. The lowest BCUT2D eigenvalue weighted by Gasteiger charge is -2.05. The topological polar surface area (TPSA) is 22.1 Å². The number of unbranched alkanes of at least 4 members (excludes halogenated alkanes) is 3. The first kappa shape index (κ1) is 11.0. The summed E-state index contributed by atoms with van der Waals surface area (Å²) >= 11 is 0. The Bertz CT molecular complexity index is 260. The van der Waals surface area contributed by atoms with Crippen molar-refractivity contribution in [1.29, 1.82) is 0 Å². The first-order chi connectivity index (χ1) is 6.88. The fourth-order valence-electron chi connectivity index (χ4n) is 1.54. The normalized spacial score (nSPS) is 10.1. The molecule has 0 radical (unpaired) electrons. The maximum Gasteiger partial charge on any atom is 0.216 e. The molecule has 1 aromatic heterocycles. The van der Waals surface area contributed by atoms with Gasteiger partial charge in [-0.05, 0) is 18.9 Å². The SMILES string of the molecule is CCCCCCc1cccnc1OC. The van der Waals surface area contributed by atoms with Gasteiger partial charge in [0, 0.05) is 11.8 Å². The molecule has 0 fully saturated rings. The van der Waals surface area contributed by atoms with Crippen LogP contribution in [0.5, 0.6) is 5.88 Å². The number of pyridine rings is 1. The number of methoxy groups -OCH3 is 1. The molecule has 1 heterocycles. The molecule has 0 saturated carbocycles. The van der Waals surface area contributed by atoms with Gasteiger partial charge in [0.25, 0.3) is 0 Å². The highest BCUT2D eigenvalue weighted by Gasteiger charge is 2.01. The summed E-state index contributed by atoms with van der Waals surface area (Å²) in [7, 11) is 1.68. The predicted molar refractivity (Wildman–Crippen MR) is 58.6 cm³/mol. The zero-order valence-corrected chi connectivity index (χ0v) is 9.12. The Morgan fingerprint density at radius 2 is 2.14 bits per heavy atom. The molecule has 0 aromatic carbocycles. The summed E-state index contributed by atoms with van der Waals surface area (Å²) < 4.78 is 5.19. The Balaban J connectivity index is 2.41. The van der Waals surface area contributed by atoms with Crippen LogP contribution in [-0.2, 0) is 6.42 Å². The first-order valence-electron chi connectivity index (χ1n) is 5.36. The van der Waals surface area contributed by atoms with E-state index < -0.39 is 0 Å². The molecule has 0 N–H and O–H groups in total. The third-order valence-corrected chi connectivity index (χ3v) is 2.34. The Morgan fingerprint density at radius 1 is 1.29 bits per heavy atom. The van der Waals surface area contributed by atoms with Gasteiger partial charge in [-0.1, -0.05) is 32.3 Å². The lowest BCUT2D eigenvalue weighted by atomic mass is 10.1. The van der Waals surface area contributed by atoms with Crippen molar-refractivity contribution < 1.29 is 4.74 Å². The van der Waals surface area contributed by atoms with Crippen molar-refractivity contribution in [1.82, 2.24) is 4.98 Å². The van der Waals surface area contributed by atoms with Crippen LogP contribution >= 0.6 is 0 Å². The van der Waals surface area contributed by atoms with Gasteiger partial charge in [-0.2, -0.15) is 0 Å². The first-order valence-corrected chi connectivity index (χ1v) is 5.36. The van der Waals surface area contributed by atoms with Gasteiger partial charge >= 0.3 is 0 Å². The van der Waals surface area contributed by atoms with E-state index in [1.165, 1.54) is 31.2 Å². The Kier molecular flexibility index (Phi) is 5.05. The summed E-state index contributed by atoms with van der Waals surface area (Å²) in [6.07, 6.45) is 7.99. The van der Waals surface area contributed by atoms with Gasteiger partial charge in [0.2, 0.25) is 5.88 Å². The van der Waals surface area contributed by atoms with Crippen molar-refractivity contribution in [2.75, 3.05) is 7.11 Å². The molecule has 2 heteroatoms. The molecule has 0 spiro atoms. The maximum atomic E-state index is 5.19. The molecule has 78 valence electrons. The molecule has 0 aliphatic carbocycles. The molecular weight excluding hydrogens is 174 g/mol. The summed E-state index contributed by atoms with van der Waals surface area (Å²) in [5, 5.41) is 0. The van der Waals surface area contributed by atoms with Gasteiger partial charge in [-0.3, -0.25) is 0 Å². The minimum atomic E-state index is 0.781. The lowest BCUT2D eigenvalue weighted by molar-refractivity contribution is 0.391. The average molecular weight is 193 g/mol. The van der Waals surface area contributed by atoms with E-state index in [4.69, 9.17) is 4.74 Å². The van der Waals surface area contributed by atoms with Crippen molar-refractivity contribution in [2.45, 2.75) is 39.0 Å². The van der Waals surface area contributed by atoms with Gasteiger partial charge < -0.3 is 4.74 Å². The van der Waals surface area contributed by atoms with Crippen LogP contribution in [-0.4, -0.2) is 12.1 Å². The van der Waals surface area contributed by atoms with Crippen LogP contribution in [0, 0.1) is 0 Å². The minimum absolute atomic E-state index is 0.781. The van der Waals surface area contributed by atoms with E-state index in [-0.39, 0.29) is 0 Å². The number of aryl methyl sites for hydroxylation is 1. The number of nitrogens with zero attached hydrogens (tertiary/aromatic N) is 1. The number of ether oxygens (including phenoxy) is 1. The minimum Gasteiger partial charge on any atom is -0.481 e. The third-order valence-electron chi connectivity index (χ3n) is 2.34. The van der Waals surface area contributed by atoms with Crippen LogP contribution in [0.1, 0.15) is 38.2 Å². The highest BCUT2D eigenvalue weighted by Crippen LogP contribution is 2.16. The zero-order chi connectivity index (χ0) is 10.2. The van der Waals surface area contributed by atoms with Crippen LogP contribution in [0.2, 0.25) is 0 Å². The summed E-state index contributed by atoms with van der Waals surface area (Å²) in [6.45, 7) is 2.23.